The number of thiophene rings is 1. The minimum absolute atomic E-state index is 0.0277. The molecule has 0 spiro atoms. The zero-order valence-corrected chi connectivity index (χ0v) is 19.2. The Morgan fingerprint density at radius 2 is 2.07 bits per heavy atom. The number of nitrogens with zero attached hydrogens (tertiary/aromatic N) is 3. The summed E-state index contributed by atoms with van der Waals surface area (Å²) in [4.78, 5) is 34.8. The summed E-state index contributed by atoms with van der Waals surface area (Å²) >= 11 is 2.98. The Kier molecular flexibility index (Phi) is 6.86. The number of piperidine rings is 1. The van der Waals surface area contributed by atoms with Crippen molar-refractivity contribution in [2.75, 3.05) is 12.3 Å². The fourth-order valence-electron chi connectivity index (χ4n) is 3.91. The Morgan fingerprint density at radius 1 is 1.32 bits per heavy atom. The van der Waals surface area contributed by atoms with Gasteiger partial charge < -0.3 is 4.90 Å². The third-order valence-electron chi connectivity index (χ3n) is 5.55. The summed E-state index contributed by atoms with van der Waals surface area (Å²) in [5, 5.41) is 1.41. The smallest absolute Gasteiger partial charge is 0.263 e. The molecule has 1 aliphatic rings. The molecule has 0 aromatic carbocycles. The molecule has 28 heavy (non-hydrogen) atoms. The Morgan fingerprint density at radius 3 is 2.75 bits per heavy atom. The molecule has 5 nitrogen and oxygen atoms in total. The quantitative estimate of drug-likeness (QED) is 0.505. The molecular weight excluding hydrogens is 390 g/mol. The van der Waals surface area contributed by atoms with Crippen molar-refractivity contribution >= 4 is 39.2 Å². The molecule has 1 fully saturated rings. The van der Waals surface area contributed by atoms with Crippen LogP contribution < -0.4 is 5.56 Å². The van der Waals surface area contributed by atoms with Crippen LogP contribution in [0.4, 0.5) is 0 Å². The predicted octanol–water partition coefficient (Wildman–Crippen LogP) is 4.61. The van der Waals surface area contributed by atoms with Gasteiger partial charge in [-0.05, 0) is 51.0 Å². The number of aryl methyl sites for hydroxylation is 2. The first-order valence-electron chi connectivity index (χ1n) is 10.3. The summed E-state index contributed by atoms with van der Waals surface area (Å²) in [6.07, 6.45) is 4.40. The number of amides is 1. The molecule has 1 atom stereocenters. The predicted molar refractivity (Wildman–Crippen MR) is 119 cm³/mol. The van der Waals surface area contributed by atoms with Crippen molar-refractivity contribution in [1.82, 2.24) is 14.5 Å². The second-order valence-electron chi connectivity index (χ2n) is 8.10. The van der Waals surface area contributed by atoms with Gasteiger partial charge in [0.1, 0.15) is 4.83 Å². The third kappa shape index (κ3) is 4.30. The van der Waals surface area contributed by atoms with E-state index in [2.05, 4.69) is 20.8 Å². The summed E-state index contributed by atoms with van der Waals surface area (Å²) in [6.45, 7) is 11.9. The lowest BCUT2D eigenvalue weighted by Gasteiger charge is -2.35. The van der Waals surface area contributed by atoms with Crippen LogP contribution in [0.2, 0.25) is 0 Å². The van der Waals surface area contributed by atoms with Crippen molar-refractivity contribution in [3.63, 3.8) is 0 Å². The number of rotatable bonds is 6. The molecule has 0 saturated carbocycles. The highest BCUT2D eigenvalue weighted by molar-refractivity contribution is 7.99. The molecule has 0 aliphatic carbocycles. The number of carbonyl (C=O) groups is 1. The van der Waals surface area contributed by atoms with Crippen molar-refractivity contribution in [2.45, 2.75) is 78.0 Å². The number of carbonyl (C=O) groups excluding carboxylic acids is 1. The minimum atomic E-state index is 0.0277. The molecule has 1 aliphatic heterocycles. The van der Waals surface area contributed by atoms with Crippen molar-refractivity contribution in [3.05, 3.63) is 20.8 Å². The molecule has 7 heteroatoms. The third-order valence-corrected chi connectivity index (χ3v) is 7.61. The SMILES string of the molecule is CC[C@H]1CCCCN1C(=O)CSc1nc2sc(C)c(C)c2c(=O)n1CC(C)C. The Labute approximate surface area is 175 Å². The van der Waals surface area contributed by atoms with Crippen LogP contribution in [0.1, 0.15) is 56.9 Å². The highest BCUT2D eigenvalue weighted by atomic mass is 32.2. The van der Waals surface area contributed by atoms with E-state index in [0.29, 0.717) is 29.4 Å². The summed E-state index contributed by atoms with van der Waals surface area (Å²) in [7, 11) is 0. The van der Waals surface area contributed by atoms with Crippen LogP contribution in [-0.4, -0.2) is 38.7 Å². The Hall–Kier alpha value is -1.34. The number of fused-ring (bicyclic) bond motifs is 1. The average Bonchev–Trinajstić information content (AvgIpc) is 2.96. The molecule has 0 radical (unpaired) electrons. The van der Waals surface area contributed by atoms with Gasteiger partial charge in [0.2, 0.25) is 5.91 Å². The maximum absolute atomic E-state index is 13.2. The lowest BCUT2D eigenvalue weighted by Crippen LogP contribution is -2.44. The number of aromatic nitrogens is 2. The van der Waals surface area contributed by atoms with E-state index >= 15 is 0 Å². The largest absolute Gasteiger partial charge is 0.339 e. The second-order valence-corrected chi connectivity index (χ2v) is 10.2. The van der Waals surface area contributed by atoms with E-state index in [9.17, 15) is 9.59 Å². The fraction of sp³-hybridized carbons (Fsp3) is 0.667. The van der Waals surface area contributed by atoms with Gasteiger partial charge in [0.15, 0.2) is 5.16 Å². The van der Waals surface area contributed by atoms with Crippen molar-refractivity contribution in [1.29, 1.82) is 0 Å². The topological polar surface area (TPSA) is 55.2 Å². The van der Waals surface area contributed by atoms with Crippen LogP contribution in [0.3, 0.4) is 0 Å². The standard InChI is InChI=1S/C21H31N3O2S2/c1-6-16-9-7-8-10-23(16)17(25)12-27-21-22-19-18(14(4)15(5)28-19)20(26)24(21)11-13(2)3/h13,16H,6-12H2,1-5H3/t16-/m0/s1. The normalized spacial score (nSPS) is 17.6. The van der Waals surface area contributed by atoms with Crippen molar-refractivity contribution in [3.8, 4) is 0 Å². The molecule has 2 aromatic rings. The second kappa shape index (κ2) is 8.99. The first-order valence-corrected chi connectivity index (χ1v) is 12.1. The van der Waals surface area contributed by atoms with E-state index in [1.807, 2.05) is 18.7 Å². The van der Waals surface area contributed by atoms with Crippen LogP contribution in [0.15, 0.2) is 9.95 Å². The Bertz CT molecular complexity index is 916. The molecule has 0 bridgehead atoms. The highest BCUT2D eigenvalue weighted by Crippen LogP contribution is 2.29. The molecule has 0 unspecified atom stereocenters. The number of hydrogen-bond donors (Lipinski definition) is 0. The fourth-order valence-corrected chi connectivity index (χ4v) is 5.87. The highest BCUT2D eigenvalue weighted by Gasteiger charge is 2.26. The van der Waals surface area contributed by atoms with Crippen LogP contribution in [-0.2, 0) is 11.3 Å². The Balaban J connectivity index is 1.89. The molecule has 0 N–H and O–H groups in total. The monoisotopic (exact) mass is 421 g/mol. The summed E-state index contributed by atoms with van der Waals surface area (Å²) < 4.78 is 1.78. The van der Waals surface area contributed by atoms with Gasteiger partial charge in [0, 0.05) is 24.0 Å². The van der Waals surface area contributed by atoms with Gasteiger partial charge in [-0.2, -0.15) is 0 Å². The van der Waals surface area contributed by atoms with E-state index in [1.165, 1.54) is 18.2 Å². The molecule has 1 saturated heterocycles. The number of hydrogen-bond acceptors (Lipinski definition) is 5. The van der Waals surface area contributed by atoms with Crippen molar-refractivity contribution in [2.24, 2.45) is 5.92 Å². The zero-order valence-electron chi connectivity index (χ0n) is 17.6. The maximum atomic E-state index is 13.2. The molecule has 3 rings (SSSR count). The molecule has 2 aromatic heterocycles. The summed E-state index contributed by atoms with van der Waals surface area (Å²) in [5.74, 6) is 0.842. The summed E-state index contributed by atoms with van der Waals surface area (Å²) in [5.41, 5.74) is 1.06. The molecule has 154 valence electrons. The van der Waals surface area contributed by atoms with Gasteiger partial charge in [-0.25, -0.2) is 4.98 Å². The molecular formula is C21H31N3O2S2. The first-order chi connectivity index (χ1) is 13.3. The molecule has 1 amide bonds. The van der Waals surface area contributed by atoms with E-state index in [1.54, 1.807) is 15.9 Å². The van der Waals surface area contributed by atoms with Gasteiger partial charge in [0.25, 0.3) is 5.56 Å². The lowest BCUT2D eigenvalue weighted by molar-refractivity contribution is -0.132. The van der Waals surface area contributed by atoms with Crippen molar-refractivity contribution < 1.29 is 4.79 Å². The molecule has 3 heterocycles. The number of likely N-dealkylation sites (tertiary alicyclic amines) is 1. The van der Waals surface area contributed by atoms with E-state index < -0.39 is 0 Å². The van der Waals surface area contributed by atoms with Gasteiger partial charge in [-0.15, -0.1) is 11.3 Å². The van der Waals surface area contributed by atoms with Gasteiger partial charge in [0.05, 0.1) is 11.1 Å². The van der Waals surface area contributed by atoms with E-state index in [-0.39, 0.29) is 11.5 Å². The van der Waals surface area contributed by atoms with E-state index in [0.717, 1.165) is 46.5 Å². The summed E-state index contributed by atoms with van der Waals surface area (Å²) in [6, 6.07) is 0.359. The number of thioether (sulfide) groups is 1. The van der Waals surface area contributed by atoms with Gasteiger partial charge >= 0.3 is 0 Å². The maximum Gasteiger partial charge on any atom is 0.263 e. The van der Waals surface area contributed by atoms with Crippen LogP contribution in [0.5, 0.6) is 0 Å². The average molecular weight is 422 g/mol. The van der Waals surface area contributed by atoms with Crippen LogP contribution >= 0.6 is 23.1 Å². The van der Waals surface area contributed by atoms with Gasteiger partial charge in [-0.1, -0.05) is 32.5 Å². The van der Waals surface area contributed by atoms with Crippen LogP contribution in [0, 0.1) is 19.8 Å². The minimum Gasteiger partial charge on any atom is -0.339 e. The van der Waals surface area contributed by atoms with Crippen LogP contribution in [0.25, 0.3) is 10.2 Å². The van der Waals surface area contributed by atoms with E-state index in [4.69, 9.17) is 4.98 Å². The zero-order chi connectivity index (χ0) is 20.4. The van der Waals surface area contributed by atoms with Gasteiger partial charge in [-0.3, -0.25) is 14.2 Å². The first kappa shape index (κ1) is 21.4. The lowest BCUT2D eigenvalue weighted by atomic mass is 10.0.